The number of hydrogen-bond acceptors (Lipinski definition) is 3. The Morgan fingerprint density at radius 3 is 2.82 bits per heavy atom. The predicted octanol–water partition coefficient (Wildman–Crippen LogP) is 1.84. The van der Waals surface area contributed by atoms with Gasteiger partial charge in [-0.05, 0) is 17.5 Å². The van der Waals surface area contributed by atoms with E-state index >= 15 is 0 Å². The largest absolute Gasteiger partial charge is 0.366 e. The Bertz CT molecular complexity index is 801. The van der Waals surface area contributed by atoms with Crippen molar-refractivity contribution in [3.8, 4) is 0 Å². The van der Waals surface area contributed by atoms with Crippen LogP contribution in [0.3, 0.4) is 0 Å². The molecule has 84 valence electrons. The molecule has 2 heterocycles. The molecule has 0 aliphatic heterocycles. The standard InChI is InChI=1S/C12H8N2O2S/c13-11(15)7-3-1-2-6-9(7)14-12(16)8-4-5-17-10(6)8/h1-5H,(H2,13,15)(H,14,16). The summed E-state index contributed by atoms with van der Waals surface area (Å²) in [6.07, 6.45) is 0. The van der Waals surface area contributed by atoms with Crippen LogP contribution < -0.4 is 11.3 Å². The van der Waals surface area contributed by atoms with Crippen molar-refractivity contribution in [3.05, 3.63) is 45.6 Å². The summed E-state index contributed by atoms with van der Waals surface area (Å²) in [4.78, 5) is 25.9. The fourth-order valence-corrected chi connectivity index (χ4v) is 2.88. The molecular formula is C12H8N2O2S. The number of primary amides is 1. The van der Waals surface area contributed by atoms with Crippen molar-refractivity contribution >= 4 is 38.2 Å². The van der Waals surface area contributed by atoms with Crippen molar-refractivity contribution in [3.63, 3.8) is 0 Å². The summed E-state index contributed by atoms with van der Waals surface area (Å²) in [5.41, 5.74) is 5.96. The van der Waals surface area contributed by atoms with Crippen molar-refractivity contribution in [1.82, 2.24) is 4.98 Å². The van der Waals surface area contributed by atoms with E-state index in [4.69, 9.17) is 5.73 Å². The minimum atomic E-state index is -0.540. The number of amides is 1. The molecule has 3 rings (SSSR count). The van der Waals surface area contributed by atoms with Crippen molar-refractivity contribution in [1.29, 1.82) is 0 Å². The third-order valence-electron chi connectivity index (χ3n) is 2.72. The number of carbonyl (C=O) groups is 1. The summed E-state index contributed by atoms with van der Waals surface area (Å²) in [5, 5.41) is 3.35. The molecule has 0 bridgehead atoms. The van der Waals surface area contributed by atoms with Gasteiger partial charge in [-0.1, -0.05) is 12.1 Å². The quantitative estimate of drug-likeness (QED) is 0.685. The number of thiophene rings is 1. The second kappa shape index (κ2) is 3.43. The molecule has 1 amide bonds. The van der Waals surface area contributed by atoms with Gasteiger partial charge in [-0.2, -0.15) is 0 Å². The molecule has 5 heteroatoms. The molecule has 0 aliphatic rings. The third-order valence-corrected chi connectivity index (χ3v) is 3.67. The Morgan fingerprint density at radius 2 is 2.06 bits per heavy atom. The summed E-state index contributed by atoms with van der Waals surface area (Å²) < 4.78 is 0.881. The Balaban J connectivity index is 2.62. The third kappa shape index (κ3) is 1.36. The number of benzene rings is 1. The van der Waals surface area contributed by atoms with E-state index in [9.17, 15) is 9.59 Å². The average Bonchev–Trinajstić information content (AvgIpc) is 2.78. The van der Waals surface area contributed by atoms with Crippen LogP contribution in [0.1, 0.15) is 10.4 Å². The lowest BCUT2D eigenvalue weighted by atomic mass is 10.1. The number of nitrogens with one attached hydrogen (secondary N) is 1. The Labute approximate surface area is 99.7 Å². The minimum Gasteiger partial charge on any atom is -0.366 e. The molecule has 0 unspecified atom stereocenters. The summed E-state index contributed by atoms with van der Waals surface area (Å²) in [6, 6.07) is 7.02. The maximum Gasteiger partial charge on any atom is 0.257 e. The molecule has 3 aromatic rings. The van der Waals surface area contributed by atoms with Gasteiger partial charge in [0.2, 0.25) is 0 Å². The number of aromatic amines is 1. The highest BCUT2D eigenvalue weighted by atomic mass is 32.1. The van der Waals surface area contributed by atoms with Crippen molar-refractivity contribution in [2.45, 2.75) is 0 Å². The number of carbonyl (C=O) groups excluding carboxylic acids is 1. The number of H-pyrrole nitrogens is 1. The van der Waals surface area contributed by atoms with Crippen LogP contribution in [0.25, 0.3) is 21.0 Å². The Kier molecular flexibility index (Phi) is 2.02. The number of rotatable bonds is 1. The van der Waals surface area contributed by atoms with Crippen LogP contribution in [0.2, 0.25) is 0 Å². The summed E-state index contributed by atoms with van der Waals surface area (Å²) in [5.74, 6) is -0.540. The van der Waals surface area contributed by atoms with Gasteiger partial charge >= 0.3 is 0 Å². The van der Waals surface area contributed by atoms with E-state index in [0.29, 0.717) is 16.5 Å². The van der Waals surface area contributed by atoms with Gasteiger partial charge in [-0.3, -0.25) is 9.59 Å². The average molecular weight is 244 g/mol. The molecule has 3 N–H and O–H groups in total. The summed E-state index contributed by atoms with van der Waals surface area (Å²) in [6.45, 7) is 0. The van der Waals surface area contributed by atoms with Crippen molar-refractivity contribution in [2.24, 2.45) is 5.73 Å². The van der Waals surface area contributed by atoms with E-state index in [0.717, 1.165) is 10.1 Å². The number of hydrogen-bond donors (Lipinski definition) is 2. The number of fused-ring (bicyclic) bond motifs is 3. The molecule has 2 aromatic heterocycles. The van der Waals surface area contributed by atoms with Gasteiger partial charge in [0.1, 0.15) is 0 Å². The summed E-state index contributed by atoms with van der Waals surface area (Å²) >= 11 is 1.48. The fraction of sp³-hybridized carbons (Fsp3) is 0. The van der Waals surface area contributed by atoms with Crippen LogP contribution in [0.15, 0.2) is 34.4 Å². The Hall–Kier alpha value is -2.14. The van der Waals surface area contributed by atoms with E-state index in [2.05, 4.69) is 4.98 Å². The second-order valence-corrected chi connectivity index (χ2v) is 4.63. The molecule has 0 aliphatic carbocycles. The van der Waals surface area contributed by atoms with E-state index in [1.807, 2.05) is 11.4 Å². The molecule has 17 heavy (non-hydrogen) atoms. The maximum atomic E-state index is 11.8. The van der Waals surface area contributed by atoms with Crippen LogP contribution in [0.5, 0.6) is 0 Å². The number of nitrogens with two attached hydrogens (primary N) is 1. The van der Waals surface area contributed by atoms with E-state index in [-0.39, 0.29) is 5.56 Å². The lowest BCUT2D eigenvalue weighted by Gasteiger charge is -2.03. The smallest absolute Gasteiger partial charge is 0.257 e. The summed E-state index contributed by atoms with van der Waals surface area (Å²) in [7, 11) is 0. The number of pyridine rings is 1. The first-order valence-corrected chi connectivity index (χ1v) is 5.88. The van der Waals surface area contributed by atoms with Crippen molar-refractivity contribution < 1.29 is 4.79 Å². The molecule has 0 saturated carbocycles. The lowest BCUT2D eigenvalue weighted by molar-refractivity contribution is 0.100. The van der Waals surface area contributed by atoms with Crippen LogP contribution >= 0.6 is 11.3 Å². The van der Waals surface area contributed by atoms with Gasteiger partial charge in [0, 0.05) is 10.1 Å². The van der Waals surface area contributed by atoms with Gasteiger partial charge in [0.05, 0.1) is 16.5 Å². The van der Waals surface area contributed by atoms with E-state index < -0.39 is 5.91 Å². The first kappa shape index (κ1) is 10.0. The molecular weight excluding hydrogens is 236 g/mol. The zero-order chi connectivity index (χ0) is 12.0. The zero-order valence-corrected chi connectivity index (χ0v) is 9.51. The van der Waals surface area contributed by atoms with Gasteiger partial charge in [0.15, 0.2) is 0 Å². The molecule has 0 spiro atoms. The number of para-hydroxylation sites is 1. The van der Waals surface area contributed by atoms with E-state index in [1.165, 1.54) is 11.3 Å². The van der Waals surface area contributed by atoms with Gasteiger partial charge in [-0.15, -0.1) is 11.3 Å². The Morgan fingerprint density at radius 1 is 1.24 bits per heavy atom. The molecule has 4 nitrogen and oxygen atoms in total. The zero-order valence-electron chi connectivity index (χ0n) is 8.69. The van der Waals surface area contributed by atoms with E-state index in [1.54, 1.807) is 18.2 Å². The maximum absolute atomic E-state index is 11.8. The highest BCUT2D eigenvalue weighted by molar-refractivity contribution is 7.18. The highest BCUT2D eigenvalue weighted by Gasteiger charge is 2.11. The number of aromatic nitrogens is 1. The molecule has 0 radical (unpaired) electrons. The predicted molar refractivity (Wildman–Crippen MR) is 68.5 cm³/mol. The topological polar surface area (TPSA) is 76.0 Å². The monoisotopic (exact) mass is 244 g/mol. The first-order chi connectivity index (χ1) is 8.18. The van der Waals surface area contributed by atoms with Crippen LogP contribution in [-0.4, -0.2) is 10.9 Å². The van der Waals surface area contributed by atoms with Gasteiger partial charge < -0.3 is 10.7 Å². The van der Waals surface area contributed by atoms with Crippen molar-refractivity contribution in [2.75, 3.05) is 0 Å². The molecule has 1 aromatic carbocycles. The minimum absolute atomic E-state index is 0.192. The van der Waals surface area contributed by atoms with Crippen LogP contribution in [0.4, 0.5) is 0 Å². The van der Waals surface area contributed by atoms with Gasteiger partial charge in [-0.25, -0.2) is 0 Å². The first-order valence-electron chi connectivity index (χ1n) is 5.00. The SMILES string of the molecule is NC(=O)c1cccc2c1[nH]c(=O)c1ccsc12. The van der Waals surface area contributed by atoms with Crippen LogP contribution in [0, 0.1) is 0 Å². The molecule has 0 atom stereocenters. The van der Waals surface area contributed by atoms with Gasteiger partial charge in [0.25, 0.3) is 11.5 Å². The molecule has 0 fully saturated rings. The lowest BCUT2D eigenvalue weighted by Crippen LogP contribution is -2.14. The fourth-order valence-electron chi connectivity index (χ4n) is 1.96. The molecule has 0 saturated heterocycles. The highest BCUT2D eigenvalue weighted by Crippen LogP contribution is 2.27. The second-order valence-electron chi connectivity index (χ2n) is 3.71. The van der Waals surface area contributed by atoms with Crippen LogP contribution in [-0.2, 0) is 0 Å². The normalized spacial score (nSPS) is 11.1.